The molecule has 1 aromatic carbocycles. The molecule has 0 spiro atoms. The van der Waals surface area contributed by atoms with Crippen molar-refractivity contribution in [3.63, 3.8) is 0 Å². The first-order valence-corrected chi connectivity index (χ1v) is 6.22. The SMILES string of the molecule is COCCNC(N)=NCc1cccc(OCC(F)(F)F)c1.I. The molecule has 1 aromatic rings. The molecule has 0 aromatic heterocycles. The number of halogens is 4. The first-order chi connectivity index (χ1) is 9.90. The zero-order valence-corrected chi connectivity index (χ0v) is 14.4. The number of nitrogens with zero attached hydrogens (tertiary/aromatic N) is 1. The third-order valence-electron chi connectivity index (χ3n) is 2.35. The molecule has 0 aliphatic rings. The van der Waals surface area contributed by atoms with E-state index < -0.39 is 12.8 Å². The van der Waals surface area contributed by atoms with Gasteiger partial charge in [0.05, 0.1) is 13.2 Å². The highest BCUT2D eigenvalue weighted by atomic mass is 127. The molecule has 0 unspecified atom stereocenters. The van der Waals surface area contributed by atoms with Crippen LogP contribution in [0.5, 0.6) is 5.75 Å². The van der Waals surface area contributed by atoms with Gasteiger partial charge in [0.25, 0.3) is 0 Å². The molecular weight excluding hydrogens is 414 g/mol. The molecule has 5 nitrogen and oxygen atoms in total. The third-order valence-corrected chi connectivity index (χ3v) is 2.35. The van der Waals surface area contributed by atoms with E-state index in [1.165, 1.54) is 12.1 Å². The highest BCUT2D eigenvalue weighted by molar-refractivity contribution is 14.0. The van der Waals surface area contributed by atoms with Gasteiger partial charge in [-0.15, -0.1) is 24.0 Å². The first kappa shape index (κ1) is 20.8. The number of guanidine groups is 1. The molecule has 0 atom stereocenters. The van der Waals surface area contributed by atoms with Crippen LogP contribution < -0.4 is 15.8 Å². The van der Waals surface area contributed by atoms with Gasteiger partial charge in [-0.2, -0.15) is 13.2 Å². The number of hydrogen-bond acceptors (Lipinski definition) is 3. The molecule has 3 N–H and O–H groups in total. The van der Waals surface area contributed by atoms with Crippen molar-refractivity contribution in [2.45, 2.75) is 12.7 Å². The van der Waals surface area contributed by atoms with Crippen molar-refractivity contribution in [3.8, 4) is 5.75 Å². The smallest absolute Gasteiger partial charge is 0.422 e. The van der Waals surface area contributed by atoms with Gasteiger partial charge in [0.15, 0.2) is 12.6 Å². The van der Waals surface area contributed by atoms with E-state index in [0.29, 0.717) is 18.7 Å². The van der Waals surface area contributed by atoms with Crippen LogP contribution in [0.1, 0.15) is 5.56 Å². The number of alkyl halides is 3. The fourth-order valence-electron chi connectivity index (χ4n) is 1.41. The summed E-state index contributed by atoms with van der Waals surface area (Å²) in [4.78, 5) is 4.07. The summed E-state index contributed by atoms with van der Waals surface area (Å²) in [6.45, 7) is -0.0486. The lowest BCUT2D eigenvalue weighted by molar-refractivity contribution is -0.153. The summed E-state index contributed by atoms with van der Waals surface area (Å²) in [7, 11) is 1.57. The number of rotatable bonds is 7. The van der Waals surface area contributed by atoms with Crippen LogP contribution in [0.15, 0.2) is 29.3 Å². The average molecular weight is 433 g/mol. The van der Waals surface area contributed by atoms with E-state index in [4.69, 9.17) is 10.5 Å². The summed E-state index contributed by atoms with van der Waals surface area (Å²) < 4.78 is 45.7. The van der Waals surface area contributed by atoms with Gasteiger partial charge < -0.3 is 20.5 Å². The Bertz CT molecular complexity index is 470. The van der Waals surface area contributed by atoms with E-state index in [0.717, 1.165) is 0 Å². The Balaban J connectivity index is 0.00000441. The molecule has 0 bridgehead atoms. The van der Waals surface area contributed by atoms with Crippen LogP contribution in [-0.2, 0) is 11.3 Å². The standard InChI is InChI=1S/C13H18F3N3O2.HI/c1-20-6-5-18-12(17)19-8-10-3-2-4-11(7-10)21-9-13(14,15)16;/h2-4,7H,5-6,8-9H2,1H3,(H3,17,18,19);1H. The second kappa shape index (κ2) is 10.5. The number of nitrogens with two attached hydrogens (primary N) is 1. The van der Waals surface area contributed by atoms with Crippen molar-refractivity contribution in [2.24, 2.45) is 10.7 Å². The molecular formula is C13H19F3IN3O2. The van der Waals surface area contributed by atoms with Crippen LogP contribution in [-0.4, -0.2) is 39.0 Å². The monoisotopic (exact) mass is 433 g/mol. The third kappa shape index (κ3) is 9.66. The van der Waals surface area contributed by atoms with E-state index >= 15 is 0 Å². The molecule has 0 radical (unpaired) electrons. The Morgan fingerprint density at radius 3 is 2.73 bits per heavy atom. The Hall–Kier alpha value is -1.23. The van der Waals surface area contributed by atoms with Crippen molar-refractivity contribution < 1.29 is 22.6 Å². The molecule has 0 aliphatic heterocycles. The second-order valence-corrected chi connectivity index (χ2v) is 4.17. The van der Waals surface area contributed by atoms with Crippen LogP contribution in [0.3, 0.4) is 0 Å². The maximum Gasteiger partial charge on any atom is 0.422 e. The van der Waals surface area contributed by atoms with Gasteiger partial charge in [0.2, 0.25) is 0 Å². The molecule has 126 valence electrons. The van der Waals surface area contributed by atoms with Crippen LogP contribution in [0.4, 0.5) is 13.2 Å². The Kier molecular flexibility index (Phi) is 9.90. The van der Waals surface area contributed by atoms with Gasteiger partial charge in [0.1, 0.15) is 5.75 Å². The molecule has 22 heavy (non-hydrogen) atoms. The van der Waals surface area contributed by atoms with Crippen molar-refractivity contribution >= 4 is 29.9 Å². The minimum Gasteiger partial charge on any atom is -0.484 e. The van der Waals surface area contributed by atoms with Crippen molar-refractivity contribution in [1.29, 1.82) is 0 Å². The van der Waals surface area contributed by atoms with Gasteiger partial charge in [-0.3, -0.25) is 0 Å². The lowest BCUT2D eigenvalue weighted by atomic mass is 10.2. The summed E-state index contributed by atoms with van der Waals surface area (Å²) in [6.07, 6.45) is -4.36. The Labute approximate surface area is 144 Å². The topological polar surface area (TPSA) is 68.9 Å². The molecule has 0 saturated carbocycles. The van der Waals surface area contributed by atoms with Gasteiger partial charge >= 0.3 is 6.18 Å². The number of methoxy groups -OCH3 is 1. The fraction of sp³-hybridized carbons (Fsp3) is 0.462. The van der Waals surface area contributed by atoms with Crippen molar-refractivity contribution in [1.82, 2.24) is 5.32 Å². The number of aliphatic imine (C=N–C) groups is 1. The van der Waals surface area contributed by atoms with Crippen LogP contribution in [0, 0.1) is 0 Å². The lowest BCUT2D eigenvalue weighted by Gasteiger charge is -2.10. The largest absolute Gasteiger partial charge is 0.484 e. The number of nitrogens with one attached hydrogen (secondary N) is 1. The number of hydrogen-bond donors (Lipinski definition) is 2. The zero-order valence-electron chi connectivity index (χ0n) is 12.0. The normalized spacial score (nSPS) is 11.7. The molecule has 1 rings (SSSR count). The van der Waals surface area contributed by atoms with Crippen LogP contribution >= 0.6 is 24.0 Å². The molecule has 9 heteroatoms. The molecule has 0 amide bonds. The zero-order chi connectivity index (χ0) is 15.7. The highest BCUT2D eigenvalue weighted by Gasteiger charge is 2.28. The summed E-state index contributed by atoms with van der Waals surface area (Å²) in [6, 6.07) is 6.29. The Morgan fingerprint density at radius 2 is 2.09 bits per heavy atom. The molecule has 0 fully saturated rings. The highest BCUT2D eigenvalue weighted by Crippen LogP contribution is 2.19. The second-order valence-electron chi connectivity index (χ2n) is 4.17. The van der Waals surface area contributed by atoms with Crippen LogP contribution in [0.25, 0.3) is 0 Å². The van der Waals surface area contributed by atoms with Crippen molar-refractivity contribution in [2.75, 3.05) is 26.9 Å². The summed E-state index contributed by atoms with van der Waals surface area (Å²) in [5, 5.41) is 2.84. The predicted octanol–water partition coefficient (Wildman–Crippen LogP) is 2.30. The first-order valence-electron chi connectivity index (χ1n) is 6.22. The van der Waals surface area contributed by atoms with E-state index in [1.807, 2.05) is 0 Å². The van der Waals surface area contributed by atoms with E-state index in [-0.39, 0.29) is 42.2 Å². The van der Waals surface area contributed by atoms with Gasteiger partial charge in [0, 0.05) is 13.7 Å². The minimum absolute atomic E-state index is 0. The Morgan fingerprint density at radius 1 is 1.36 bits per heavy atom. The fourth-order valence-corrected chi connectivity index (χ4v) is 1.41. The van der Waals surface area contributed by atoms with Gasteiger partial charge in [-0.05, 0) is 17.7 Å². The summed E-state index contributed by atoms with van der Waals surface area (Å²) in [5.74, 6) is 0.389. The van der Waals surface area contributed by atoms with E-state index in [9.17, 15) is 13.2 Å². The van der Waals surface area contributed by atoms with Crippen molar-refractivity contribution in [3.05, 3.63) is 29.8 Å². The van der Waals surface area contributed by atoms with E-state index in [1.54, 1.807) is 19.2 Å². The quantitative estimate of drug-likeness (QED) is 0.300. The number of benzene rings is 1. The van der Waals surface area contributed by atoms with Gasteiger partial charge in [-0.1, -0.05) is 12.1 Å². The molecule has 0 saturated heterocycles. The van der Waals surface area contributed by atoms with Gasteiger partial charge in [-0.25, -0.2) is 4.99 Å². The maximum atomic E-state index is 12.1. The summed E-state index contributed by atoms with van der Waals surface area (Å²) in [5.41, 5.74) is 6.32. The maximum absolute atomic E-state index is 12.1. The summed E-state index contributed by atoms with van der Waals surface area (Å²) >= 11 is 0. The number of ether oxygens (including phenoxy) is 2. The van der Waals surface area contributed by atoms with E-state index in [2.05, 4.69) is 15.0 Å². The lowest BCUT2D eigenvalue weighted by Crippen LogP contribution is -2.34. The average Bonchev–Trinajstić information content (AvgIpc) is 2.43. The molecule has 0 heterocycles. The molecule has 0 aliphatic carbocycles. The minimum atomic E-state index is -4.36. The predicted molar refractivity (Wildman–Crippen MR) is 88.6 cm³/mol. The van der Waals surface area contributed by atoms with Crippen LogP contribution in [0.2, 0.25) is 0 Å².